The number of rotatable bonds is 4. The minimum absolute atomic E-state index is 0.156. The van der Waals surface area contributed by atoms with Crippen LogP contribution in [0.15, 0.2) is 30.5 Å². The van der Waals surface area contributed by atoms with Crippen molar-refractivity contribution in [2.45, 2.75) is 6.92 Å². The number of hydrogen-bond donors (Lipinski definition) is 2. The van der Waals surface area contributed by atoms with Crippen molar-refractivity contribution in [3.8, 4) is 0 Å². The average molecular weight is 308 g/mol. The first kappa shape index (κ1) is 14.7. The summed E-state index contributed by atoms with van der Waals surface area (Å²) in [6, 6.07) is 6.35. The van der Waals surface area contributed by atoms with Crippen LogP contribution in [0.4, 0.5) is 17.2 Å². The van der Waals surface area contributed by atoms with Gasteiger partial charge in [-0.05, 0) is 24.6 Å². The Morgan fingerprint density at radius 3 is 2.71 bits per heavy atom. The van der Waals surface area contributed by atoms with Crippen molar-refractivity contribution in [1.29, 1.82) is 0 Å². The van der Waals surface area contributed by atoms with E-state index < -0.39 is 22.1 Å². The number of nitrogens with zero attached hydrogens (tertiary/aromatic N) is 2. The number of nitrogens with one attached hydrogen (secondary N) is 1. The van der Waals surface area contributed by atoms with Crippen molar-refractivity contribution in [2.75, 3.05) is 5.32 Å². The molecule has 1 aromatic carbocycles. The Hall–Kier alpha value is -2.67. The maximum atomic E-state index is 11.1. The summed E-state index contributed by atoms with van der Waals surface area (Å²) < 4.78 is 0. The Morgan fingerprint density at radius 1 is 1.43 bits per heavy atom. The minimum atomic E-state index is -1.40. The zero-order valence-corrected chi connectivity index (χ0v) is 11.6. The molecule has 21 heavy (non-hydrogen) atoms. The maximum Gasteiger partial charge on any atom is 0.342 e. The zero-order chi connectivity index (χ0) is 15.6. The van der Waals surface area contributed by atoms with Crippen LogP contribution in [0.3, 0.4) is 0 Å². The lowest BCUT2D eigenvalue weighted by atomic mass is 10.2. The van der Waals surface area contributed by atoms with Gasteiger partial charge >= 0.3 is 11.7 Å². The number of aromatic carboxylic acids is 1. The highest BCUT2D eigenvalue weighted by atomic mass is 35.5. The van der Waals surface area contributed by atoms with Crippen molar-refractivity contribution in [2.24, 2.45) is 0 Å². The Kier molecular flexibility index (Phi) is 4.04. The van der Waals surface area contributed by atoms with Gasteiger partial charge in [0.05, 0.1) is 15.6 Å². The largest absolute Gasteiger partial charge is 0.477 e. The van der Waals surface area contributed by atoms with Gasteiger partial charge in [0.1, 0.15) is 17.6 Å². The molecule has 1 heterocycles. The molecule has 0 aliphatic rings. The summed E-state index contributed by atoms with van der Waals surface area (Å²) in [6.45, 7) is 1.88. The van der Waals surface area contributed by atoms with Gasteiger partial charge in [0.15, 0.2) is 0 Å². The van der Waals surface area contributed by atoms with E-state index in [9.17, 15) is 14.9 Å². The van der Waals surface area contributed by atoms with E-state index in [-0.39, 0.29) is 5.82 Å². The highest BCUT2D eigenvalue weighted by Crippen LogP contribution is 2.27. The van der Waals surface area contributed by atoms with Crippen LogP contribution in [0.1, 0.15) is 15.9 Å². The molecule has 1 aromatic heterocycles. The maximum absolute atomic E-state index is 11.1. The van der Waals surface area contributed by atoms with E-state index in [1.165, 1.54) is 0 Å². The SMILES string of the molecule is Cc1ccc(Nc2cc(C(=O)O)c([N+](=O)[O-])cn2)c(Cl)c1. The lowest BCUT2D eigenvalue weighted by Gasteiger charge is -2.09. The first-order valence-corrected chi connectivity index (χ1v) is 6.17. The van der Waals surface area contributed by atoms with Crippen molar-refractivity contribution in [3.05, 3.63) is 56.7 Å². The predicted octanol–water partition coefficient (Wildman–Crippen LogP) is 3.39. The fourth-order valence-electron chi connectivity index (χ4n) is 1.69. The van der Waals surface area contributed by atoms with E-state index in [1.807, 2.05) is 13.0 Å². The van der Waals surface area contributed by atoms with Crippen LogP contribution in [-0.4, -0.2) is 21.0 Å². The summed E-state index contributed by atoms with van der Waals surface area (Å²) in [5, 5.41) is 23.0. The Balaban J connectivity index is 2.39. The normalized spacial score (nSPS) is 10.2. The second-order valence-electron chi connectivity index (χ2n) is 4.26. The smallest absolute Gasteiger partial charge is 0.342 e. The van der Waals surface area contributed by atoms with Gasteiger partial charge in [-0.3, -0.25) is 10.1 Å². The van der Waals surface area contributed by atoms with Crippen LogP contribution >= 0.6 is 11.6 Å². The summed E-state index contributed by atoms with van der Waals surface area (Å²) in [5.41, 5.74) is 0.483. The number of hydrogen-bond acceptors (Lipinski definition) is 5. The second-order valence-corrected chi connectivity index (χ2v) is 4.66. The molecule has 0 aliphatic heterocycles. The highest BCUT2D eigenvalue weighted by Gasteiger charge is 2.21. The molecule has 0 saturated carbocycles. The lowest BCUT2D eigenvalue weighted by molar-refractivity contribution is -0.385. The molecule has 0 radical (unpaired) electrons. The van der Waals surface area contributed by atoms with Crippen LogP contribution in [0.25, 0.3) is 0 Å². The number of benzene rings is 1. The molecular formula is C13H10ClN3O4. The van der Waals surface area contributed by atoms with Crippen molar-refractivity contribution in [1.82, 2.24) is 4.98 Å². The fraction of sp³-hybridized carbons (Fsp3) is 0.0769. The number of carboxylic acid groups (broad SMARTS) is 1. The zero-order valence-electron chi connectivity index (χ0n) is 10.8. The molecule has 0 fully saturated rings. The summed E-state index contributed by atoms with van der Waals surface area (Å²) in [5.74, 6) is -1.24. The van der Waals surface area contributed by atoms with E-state index in [0.717, 1.165) is 17.8 Å². The second kappa shape index (κ2) is 5.76. The number of nitro groups is 1. The van der Waals surface area contributed by atoms with Crippen molar-refractivity contribution >= 4 is 34.8 Å². The van der Waals surface area contributed by atoms with Crippen LogP contribution in [0.5, 0.6) is 0 Å². The number of carboxylic acids is 1. The lowest BCUT2D eigenvalue weighted by Crippen LogP contribution is -2.05. The number of pyridine rings is 1. The van der Waals surface area contributed by atoms with Gasteiger partial charge in [0, 0.05) is 6.07 Å². The summed E-state index contributed by atoms with van der Waals surface area (Å²) in [6.07, 6.45) is 0.897. The van der Waals surface area contributed by atoms with Gasteiger partial charge in [-0.25, -0.2) is 9.78 Å². The van der Waals surface area contributed by atoms with E-state index in [2.05, 4.69) is 10.3 Å². The monoisotopic (exact) mass is 307 g/mol. The fourth-order valence-corrected chi connectivity index (χ4v) is 1.98. The van der Waals surface area contributed by atoms with Gasteiger partial charge in [-0.1, -0.05) is 17.7 Å². The Bertz CT molecular complexity index is 733. The first-order chi connectivity index (χ1) is 9.88. The van der Waals surface area contributed by atoms with E-state index >= 15 is 0 Å². The first-order valence-electron chi connectivity index (χ1n) is 5.79. The van der Waals surface area contributed by atoms with Gasteiger partial charge in [-0.15, -0.1) is 0 Å². The Labute approximate surface area is 124 Å². The van der Waals surface area contributed by atoms with Crippen molar-refractivity contribution in [3.63, 3.8) is 0 Å². The van der Waals surface area contributed by atoms with E-state index in [0.29, 0.717) is 10.7 Å². The summed E-state index contributed by atoms with van der Waals surface area (Å²) in [7, 11) is 0. The topological polar surface area (TPSA) is 105 Å². The molecule has 2 aromatic rings. The predicted molar refractivity (Wildman–Crippen MR) is 77.3 cm³/mol. The third-order valence-electron chi connectivity index (χ3n) is 2.70. The number of aromatic nitrogens is 1. The molecule has 0 amide bonds. The molecular weight excluding hydrogens is 298 g/mol. The molecule has 2 rings (SSSR count). The third-order valence-corrected chi connectivity index (χ3v) is 3.01. The highest BCUT2D eigenvalue weighted by molar-refractivity contribution is 6.33. The molecule has 8 heteroatoms. The molecule has 0 saturated heterocycles. The van der Waals surface area contributed by atoms with Crippen LogP contribution < -0.4 is 5.32 Å². The average Bonchev–Trinajstić information content (AvgIpc) is 2.41. The summed E-state index contributed by atoms with van der Waals surface area (Å²) >= 11 is 6.05. The molecule has 0 unspecified atom stereocenters. The number of carbonyl (C=O) groups is 1. The van der Waals surface area contributed by atoms with Crippen LogP contribution in [0, 0.1) is 17.0 Å². The minimum Gasteiger partial charge on any atom is -0.477 e. The van der Waals surface area contributed by atoms with Crippen LogP contribution in [0.2, 0.25) is 5.02 Å². The van der Waals surface area contributed by atoms with Crippen LogP contribution in [-0.2, 0) is 0 Å². The standard InChI is InChI=1S/C13H10ClN3O4/c1-7-2-3-10(9(14)4-7)16-12-5-8(13(18)19)11(6-15-12)17(20)21/h2-6H,1H3,(H,15,16)(H,18,19). The van der Waals surface area contributed by atoms with Gasteiger partial charge in [0.2, 0.25) is 0 Å². The summed E-state index contributed by atoms with van der Waals surface area (Å²) in [4.78, 5) is 24.8. The third kappa shape index (κ3) is 3.26. The molecule has 0 atom stereocenters. The Morgan fingerprint density at radius 2 is 2.14 bits per heavy atom. The number of aryl methyl sites for hydroxylation is 1. The number of anilines is 2. The van der Waals surface area contributed by atoms with Crippen molar-refractivity contribution < 1.29 is 14.8 Å². The van der Waals surface area contributed by atoms with Gasteiger partial charge in [-0.2, -0.15) is 0 Å². The quantitative estimate of drug-likeness (QED) is 0.662. The molecule has 108 valence electrons. The van der Waals surface area contributed by atoms with Gasteiger partial charge < -0.3 is 10.4 Å². The van der Waals surface area contributed by atoms with E-state index in [4.69, 9.17) is 16.7 Å². The molecule has 2 N–H and O–H groups in total. The number of halogens is 1. The molecule has 7 nitrogen and oxygen atoms in total. The molecule has 0 aliphatic carbocycles. The van der Waals surface area contributed by atoms with E-state index in [1.54, 1.807) is 12.1 Å². The molecule has 0 bridgehead atoms. The molecule has 0 spiro atoms. The van der Waals surface area contributed by atoms with Gasteiger partial charge in [0.25, 0.3) is 0 Å².